The second kappa shape index (κ2) is 52.3. The van der Waals surface area contributed by atoms with Crippen LogP contribution in [0.25, 0.3) is 0 Å². The van der Waals surface area contributed by atoms with Crippen LogP contribution in [-0.2, 0) is 102 Å². The molecule has 620 valence electrons. The van der Waals surface area contributed by atoms with Gasteiger partial charge in [-0.05, 0) is 184 Å². The van der Waals surface area contributed by atoms with Gasteiger partial charge >= 0.3 is 77.7 Å². The number of benzene rings is 5. The second-order valence-electron chi connectivity index (χ2n) is 26.3. The number of halogens is 7. The van der Waals surface area contributed by atoms with Crippen LogP contribution >= 0.6 is 57.4 Å². The van der Waals surface area contributed by atoms with E-state index in [1.165, 1.54) is 17.0 Å². The summed E-state index contributed by atoms with van der Waals surface area (Å²) in [5, 5.41) is -2.54. The summed E-state index contributed by atoms with van der Waals surface area (Å²) in [7, 11) is -8.30. The van der Waals surface area contributed by atoms with Crippen molar-refractivity contribution in [2.45, 2.75) is 148 Å². The van der Waals surface area contributed by atoms with Crippen molar-refractivity contribution in [3.63, 3.8) is 0 Å². The molecule has 0 spiro atoms. The molecule has 2 atom stereocenters. The van der Waals surface area contributed by atoms with Crippen LogP contribution in [0, 0.1) is 29.4 Å². The summed E-state index contributed by atoms with van der Waals surface area (Å²) in [6.45, 7) is 6.66. The molecule has 25 nitrogen and oxygen atoms in total. The molecule has 0 aromatic heterocycles. The van der Waals surface area contributed by atoms with Crippen molar-refractivity contribution in [3.8, 4) is 0 Å². The second-order valence-corrected chi connectivity index (χ2v) is 31.8. The molecule has 1 N–H and O–H groups in total. The fourth-order valence-corrected chi connectivity index (χ4v) is 17.1. The maximum absolute atomic E-state index is 14.0. The summed E-state index contributed by atoms with van der Waals surface area (Å²) in [6.07, 6.45) is 9.75. The first-order valence-corrected chi connectivity index (χ1v) is 42.3. The van der Waals surface area contributed by atoms with Gasteiger partial charge in [-0.1, -0.05) is 145 Å². The van der Waals surface area contributed by atoms with Crippen molar-refractivity contribution >= 4 is 137 Å². The molecule has 3 saturated heterocycles. The van der Waals surface area contributed by atoms with E-state index >= 15 is 0 Å². The number of carbonyl (C=O) groups excluding carboxylic acids is 8. The van der Waals surface area contributed by atoms with Gasteiger partial charge in [0.2, 0.25) is 20.0 Å². The molecule has 114 heavy (non-hydrogen) atoms. The van der Waals surface area contributed by atoms with E-state index in [9.17, 15) is 64.0 Å². The van der Waals surface area contributed by atoms with Crippen LogP contribution in [0.4, 0.5) is 34.5 Å². The van der Waals surface area contributed by atoms with Gasteiger partial charge < -0.3 is 76.6 Å². The van der Waals surface area contributed by atoms with E-state index in [4.69, 9.17) is 72.7 Å². The summed E-state index contributed by atoms with van der Waals surface area (Å²) in [4.78, 5) is 102. The Morgan fingerprint density at radius 3 is 1.25 bits per heavy atom. The number of allylic oxidation sites excluding steroid dienone is 2. The SMILES string of the molecule is C.CCOC(=O)C1=CCCCC1S(=O)(=O)N(COC(=O)N1CCC(CC(=O)OCc2ccccc2)CC1)c1ccc(F)cc1Cl.CCOC(=O)C1=CCCCC1S(=O)(=O)Nc1ccc(F)cc1Cl.O=C(CC1CCN(C(=O)OCCl)CC1)OCc1ccccc1.O=C(CC1CCN(C(=O)OCI)CC1)OCc1ccccc1.[I-].[Na+]. The Hall–Kier alpha value is -6.57. The monoisotopic (exact) mass is 1920 g/mol. The fraction of sp³-hybridized carbons (Fsp3) is 0.468. The van der Waals surface area contributed by atoms with Crippen LogP contribution in [0.5, 0.6) is 0 Å². The minimum atomic E-state index is -4.39. The third kappa shape index (κ3) is 33.1. The number of anilines is 2. The summed E-state index contributed by atoms with van der Waals surface area (Å²) >= 11 is 19.5. The number of likely N-dealkylation sites (tertiary alicyclic amines) is 3. The van der Waals surface area contributed by atoms with E-state index in [-0.39, 0.29) is 180 Å². The fourth-order valence-electron chi connectivity index (χ4n) is 12.6. The minimum absolute atomic E-state index is 0. The predicted molar refractivity (Wildman–Crippen MR) is 428 cm³/mol. The Morgan fingerprint density at radius 1 is 0.500 bits per heavy atom. The quantitative estimate of drug-likeness (QED) is 0.0134. The molecule has 2 aliphatic carbocycles. The maximum atomic E-state index is 14.0. The molecule has 2 unspecified atom stereocenters. The van der Waals surface area contributed by atoms with Gasteiger partial charge in [-0.2, -0.15) is 0 Å². The van der Waals surface area contributed by atoms with Crippen molar-refractivity contribution in [1.29, 1.82) is 0 Å². The van der Waals surface area contributed by atoms with E-state index < -0.39 is 66.9 Å². The van der Waals surface area contributed by atoms with Crippen molar-refractivity contribution < 1.29 is 155 Å². The van der Waals surface area contributed by atoms with E-state index in [1.807, 2.05) is 114 Å². The smallest absolute Gasteiger partial charge is 1.00 e. The zero-order valence-corrected chi connectivity index (χ0v) is 73.3. The van der Waals surface area contributed by atoms with E-state index in [2.05, 4.69) is 4.72 Å². The summed E-state index contributed by atoms with van der Waals surface area (Å²) in [6, 6.07) is 35.0. The van der Waals surface area contributed by atoms with Gasteiger partial charge in [0, 0.05) is 58.5 Å². The number of sulfonamides is 2. The average Bonchev–Trinajstić information content (AvgIpc) is 0.891. The molecule has 10 rings (SSSR count). The summed E-state index contributed by atoms with van der Waals surface area (Å²) in [5.74, 6) is -2.73. The molecule has 3 aliphatic heterocycles. The normalized spacial score (nSPS) is 16.3. The number of rotatable bonds is 26. The Bertz CT molecular complexity index is 4100. The van der Waals surface area contributed by atoms with Crippen molar-refractivity contribution in [2.75, 3.05) is 78.9 Å². The molecule has 3 fully saturated rings. The molecule has 5 aromatic rings. The van der Waals surface area contributed by atoms with Gasteiger partial charge in [0.25, 0.3) is 0 Å². The van der Waals surface area contributed by atoms with Crippen LogP contribution in [0.15, 0.2) is 151 Å². The van der Waals surface area contributed by atoms with Crippen LogP contribution in [0.1, 0.15) is 134 Å². The van der Waals surface area contributed by atoms with Crippen LogP contribution in [0.3, 0.4) is 0 Å². The first kappa shape index (κ1) is 99.8. The number of hydrogen-bond donors (Lipinski definition) is 1. The average molecular weight is 1920 g/mol. The van der Waals surface area contributed by atoms with Crippen molar-refractivity contribution in [2.24, 2.45) is 17.8 Å². The number of carbonyl (C=O) groups is 8. The maximum Gasteiger partial charge on any atom is 1.00 e. The molecule has 0 bridgehead atoms. The van der Waals surface area contributed by atoms with Gasteiger partial charge in [-0.3, -0.25) is 19.1 Å². The molecule has 5 aromatic carbocycles. The molecule has 5 aliphatic rings. The summed E-state index contributed by atoms with van der Waals surface area (Å²) in [5.41, 5.74) is 2.97. The van der Waals surface area contributed by atoms with E-state index in [0.29, 0.717) is 115 Å². The van der Waals surface area contributed by atoms with Crippen LogP contribution in [-0.4, -0.2) is 160 Å². The van der Waals surface area contributed by atoms with Gasteiger partial charge in [-0.25, -0.2) is 53.9 Å². The number of nitrogens with zero attached hydrogens (tertiary/aromatic N) is 4. The molecular formula is C79H97Cl3F2I2N5NaO20S2. The number of piperidine rings is 3. The van der Waals surface area contributed by atoms with Crippen molar-refractivity contribution in [1.82, 2.24) is 14.7 Å². The number of esters is 5. The Labute approximate surface area is 734 Å². The van der Waals surface area contributed by atoms with Gasteiger partial charge in [-0.15, -0.1) is 0 Å². The van der Waals surface area contributed by atoms with Crippen LogP contribution in [0.2, 0.25) is 10.0 Å². The number of amides is 3. The number of alkyl halides is 2. The number of nitrogens with one attached hydrogen (secondary N) is 1. The molecule has 0 radical (unpaired) electrons. The largest absolute Gasteiger partial charge is 1.00 e. The number of hydrogen-bond acceptors (Lipinski definition) is 20. The third-order valence-corrected chi connectivity index (χ3v) is 23.5. The van der Waals surface area contributed by atoms with Gasteiger partial charge in [0.15, 0.2) is 12.8 Å². The first-order valence-electron chi connectivity index (χ1n) is 36.5. The first-order chi connectivity index (χ1) is 53.3. The molecular weight excluding hydrogens is 1820 g/mol. The zero-order valence-electron chi connectivity index (χ0n) is 63.1. The van der Waals surface area contributed by atoms with Crippen LogP contribution < -0.4 is 62.6 Å². The number of ether oxygens (including phenoxy) is 8. The molecule has 0 saturated carbocycles. The van der Waals surface area contributed by atoms with E-state index in [1.54, 1.807) is 35.8 Å². The minimum Gasteiger partial charge on any atom is -1.00 e. The zero-order chi connectivity index (χ0) is 80.3. The Morgan fingerprint density at radius 2 is 0.868 bits per heavy atom. The standard InChI is InChI=1S/C31H36ClFN2O8S.C16H20ClNO4.C16H20INO4.C15H17ClFNO4S.CH4.HI.Na/c1-2-41-30(37)25-10-6-7-11-28(25)44(39,40)35(27-13-12-24(33)19-26(27)32)21-43-31(38)34-16-14-22(15-17-34)18-29(36)42-20-23-8-4-3-5-9-23;2*17-12-22-16(20)18-8-6-13(7-9-18)10-15(19)21-11-14-4-2-1-3-5-14;1-2-22-15(19)11-5-3-4-6-14(11)23(20,21)18-13-8-7-10(17)9-12(13)16;;;/h3-5,8-10,12-13,19,22,28H,2,6-7,11,14-18,20-21H2,1H3;2*1-5,13H,6-12H2;5,7-9,14,18H,2-4,6H2,1H3;1H4;1H;/q;;;;;;+1/p-1. The van der Waals surface area contributed by atoms with E-state index in [0.717, 1.165) is 70.9 Å². The van der Waals surface area contributed by atoms with Crippen molar-refractivity contribution in [3.05, 3.63) is 189 Å². The Kier molecular flexibility index (Phi) is 45.8. The van der Waals surface area contributed by atoms with Gasteiger partial charge in [0.05, 0.1) is 45.8 Å². The molecule has 3 heterocycles. The molecule has 3 amide bonds. The topological polar surface area (TPSA) is 304 Å². The Balaban J connectivity index is 0.000000336. The predicted octanol–water partition coefficient (Wildman–Crippen LogP) is 10.0. The third-order valence-electron chi connectivity index (χ3n) is 18.6. The molecule has 35 heteroatoms. The van der Waals surface area contributed by atoms with Gasteiger partial charge in [0.1, 0.15) is 46.6 Å². The summed E-state index contributed by atoms with van der Waals surface area (Å²) < 4.78 is 125.